The second-order valence-corrected chi connectivity index (χ2v) is 7.52. The number of hydrogen-bond acceptors (Lipinski definition) is 4. The average Bonchev–Trinajstić information content (AvgIpc) is 2.49. The zero-order chi connectivity index (χ0) is 16.4. The third-order valence-electron chi connectivity index (χ3n) is 3.92. The van der Waals surface area contributed by atoms with E-state index in [0.717, 1.165) is 19.3 Å². The third kappa shape index (κ3) is 7.95. The lowest BCUT2D eigenvalue weighted by molar-refractivity contribution is 0.147. The van der Waals surface area contributed by atoms with Crippen molar-refractivity contribution in [2.45, 2.75) is 38.6 Å². The van der Waals surface area contributed by atoms with E-state index in [1.54, 1.807) is 7.05 Å². The van der Waals surface area contributed by atoms with Crippen LogP contribution < -0.4 is 15.4 Å². The SMILES string of the molecule is CCC1CCCCN1CCNC(=NC)NCCNS(C)(=O)=O. The van der Waals surface area contributed by atoms with Crippen LogP contribution >= 0.6 is 0 Å². The number of sulfonamides is 1. The van der Waals surface area contributed by atoms with E-state index in [4.69, 9.17) is 0 Å². The Morgan fingerprint density at radius 2 is 1.95 bits per heavy atom. The number of likely N-dealkylation sites (tertiary alicyclic amines) is 1. The van der Waals surface area contributed by atoms with Crippen LogP contribution in [0, 0.1) is 0 Å². The molecule has 8 heteroatoms. The first-order valence-corrected chi connectivity index (χ1v) is 9.98. The van der Waals surface area contributed by atoms with Gasteiger partial charge in [-0.1, -0.05) is 13.3 Å². The number of aliphatic imine (C=N–C) groups is 1. The van der Waals surface area contributed by atoms with E-state index in [9.17, 15) is 8.42 Å². The molecule has 0 aromatic rings. The second kappa shape index (κ2) is 10.0. The molecule has 1 atom stereocenters. The van der Waals surface area contributed by atoms with Crippen molar-refractivity contribution in [1.82, 2.24) is 20.3 Å². The highest BCUT2D eigenvalue weighted by atomic mass is 32.2. The van der Waals surface area contributed by atoms with Crippen molar-refractivity contribution in [2.75, 3.05) is 46.0 Å². The van der Waals surface area contributed by atoms with Crippen LogP contribution in [0.3, 0.4) is 0 Å². The molecule has 130 valence electrons. The van der Waals surface area contributed by atoms with Crippen molar-refractivity contribution in [2.24, 2.45) is 4.99 Å². The quantitative estimate of drug-likeness (QED) is 0.330. The maximum atomic E-state index is 11.0. The molecule has 1 aliphatic heterocycles. The van der Waals surface area contributed by atoms with Crippen LogP contribution in [-0.4, -0.2) is 71.3 Å². The molecule has 1 heterocycles. The maximum absolute atomic E-state index is 11.0. The standard InChI is InChI=1S/C14H31N5O2S/c1-4-13-7-5-6-11-19(13)12-10-17-14(15-2)16-8-9-18-22(3,20)21/h13,18H,4-12H2,1-3H3,(H2,15,16,17). The Labute approximate surface area is 135 Å². The summed E-state index contributed by atoms with van der Waals surface area (Å²) in [7, 11) is -1.41. The van der Waals surface area contributed by atoms with Crippen molar-refractivity contribution >= 4 is 16.0 Å². The summed E-state index contributed by atoms with van der Waals surface area (Å²) in [6, 6.07) is 0.712. The van der Waals surface area contributed by atoms with Gasteiger partial charge in [0.25, 0.3) is 0 Å². The van der Waals surface area contributed by atoms with Crippen molar-refractivity contribution in [3.05, 3.63) is 0 Å². The molecule has 0 aromatic carbocycles. The van der Waals surface area contributed by atoms with Gasteiger partial charge in [-0.05, 0) is 25.8 Å². The molecule has 0 bridgehead atoms. The molecule has 1 rings (SSSR count). The average molecular weight is 334 g/mol. The summed E-state index contributed by atoms with van der Waals surface area (Å²) >= 11 is 0. The Kier molecular flexibility index (Phi) is 8.74. The Hall–Kier alpha value is -0.860. The summed E-state index contributed by atoms with van der Waals surface area (Å²) in [6.45, 7) is 6.16. The summed E-state index contributed by atoms with van der Waals surface area (Å²) in [4.78, 5) is 6.69. The van der Waals surface area contributed by atoms with E-state index >= 15 is 0 Å². The van der Waals surface area contributed by atoms with Crippen LogP contribution in [0.5, 0.6) is 0 Å². The molecule has 0 saturated carbocycles. The first-order chi connectivity index (χ1) is 10.5. The van der Waals surface area contributed by atoms with E-state index in [1.807, 2.05) is 0 Å². The van der Waals surface area contributed by atoms with Crippen LogP contribution in [-0.2, 0) is 10.0 Å². The van der Waals surface area contributed by atoms with Crippen molar-refractivity contribution in [3.63, 3.8) is 0 Å². The number of nitrogens with zero attached hydrogens (tertiary/aromatic N) is 2. The van der Waals surface area contributed by atoms with Gasteiger partial charge in [-0.15, -0.1) is 0 Å². The van der Waals surface area contributed by atoms with E-state index in [2.05, 4.69) is 32.2 Å². The van der Waals surface area contributed by atoms with Crippen LogP contribution in [0.25, 0.3) is 0 Å². The molecule has 1 unspecified atom stereocenters. The molecule has 1 saturated heterocycles. The van der Waals surface area contributed by atoms with Gasteiger partial charge in [-0.25, -0.2) is 13.1 Å². The summed E-state index contributed by atoms with van der Waals surface area (Å²) in [5.41, 5.74) is 0. The molecule has 1 fully saturated rings. The normalized spacial score (nSPS) is 20.9. The predicted octanol–water partition coefficient (Wildman–Crippen LogP) is -0.0349. The topological polar surface area (TPSA) is 85.8 Å². The summed E-state index contributed by atoms with van der Waals surface area (Å²) < 4.78 is 24.4. The fourth-order valence-electron chi connectivity index (χ4n) is 2.77. The minimum atomic E-state index is -3.13. The third-order valence-corrected chi connectivity index (χ3v) is 4.65. The molecule has 1 aliphatic rings. The van der Waals surface area contributed by atoms with E-state index < -0.39 is 10.0 Å². The Balaban J connectivity index is 2.20. The lowest BCUT2D eigenvalue weighted by atomic mass is 10.0. The van der Waals surface area contributed by atoms with Crippen LogP contribution in [0.2, 0.25) is 0 Å². The molecule has 0 aliphatic carbocycles. The van der Waals surface area contributed by atoms with Crippen LogP contribution in [0.15, 0.2) is 4.99 Å². The molecule has 0 spiro atoms. The smallest absolute Gasteiger partial charge is 0.208 e. The number of piperidine rings is 1. The van der Waals surface area contributed by atoms with Gasteiger partial charge in [-0.3, -0.25) is 9.89 Å². The monoisotopic (exact) mass is 333 g/mol. The molecule has 0 amide bonds. The zero-order valence-electron chi connectivity index (χ0n) is 14.1. The van der Waals surface area contributed by atoms with E-state index in [1.165, 1.54) is 32.2 Å². The summed E-state index contributed by atoms with van der Waals surface area (Å²) in [5, 5.41) is 6.38. The first kappa shape index (κ1) is 19.2. The van der Waals surface area contributed by atoms with Crippen molar-refractivity contribution < 1.29 is 8.42 Å². The van der Waals surface area contributed by atoms with Crippen LogP contribution in [0.1, 0.15) is 32.6 Å². The van der Waals surface area contributed by atoms with Gasteiger partial charge >= 0.3 is 0 Å². The minimum absolute atomic E-state index is 0.351. The Morgan fingerprint density at radius 3 is 2.59 bits per heavy atom. The maximum Gasteiger partial charge on any atom is 0.208 e. The highest BCUT2D eigenvalue weighted by Gasteiger charge is 2.19. The van der Waals surface area contributed by atoms with Crippen LogP contribution in [0.4, 0.5) is 0 Å². The van der Waals surface area contributed by atoms with Gasteiger partial charge in [0.15, 0.2) is 5.96 Å². The largest absolute Gasteiger partial charge is 0.355 e. The van der Waals surface area contributed by atoms with Crippen molar-refractivity contribution in [3.8, 4) is 0 Å². The second-order valence-electron chi connectivity index (χ2n) is 5.69. The Morgan fingerprint density at radius 1 is 1.23 bits per heavy atom. The highest BCUT2D eigenvalue weighted by molar-refractivity contribution is 7.88. The van der Waals surface area contributed by atoms with Gasteiger partial charge < -0.3 is 10.6 Å². The van der Waals surface area contributed by atoms with Gasteiger partial charge in [0.05, 0.1) is 6.26 Å². The lowest BCUT2D eigenvalue weighted by Crippen LogP contribution is -2.46. The Bertz CT molecular complexity index is 439. The molecule has 0 radical (unpaired) electrons. The molecular formula is C14H31N5O2S. The van der Waals surface area contributed by atoms with Gasteiger partial charge in [0.1, 0.15) is 0 Å². The minimum Gasteiger partial charge on any atom is -0.355 e. The summed E-state index contributed by atoms with van der Waals surface area (Å²) in [5.74, 6) is 0.709. The number of hydrogen-bond donors (Lipinski definition) is 3. The van der Waals surface area contributed by atoms with E-state index in [0.29, 0.717) is 25.1 Å². The first-order valence-electron chi connectivity index (χ1n) is 8.09. The number of guanidine groups is 1. The molecule has 3 N–H and O–H groups in total. The van der Waals surface area contributed by atoms with E-state index in [-0.39, 0.29) is 0 Å². The zero-order valence-corrected chi connectivity index (χ0v) is 14.9. The summed E-state index contributed by atoms with van der Waals surface area (Å²) in [6.07, 6.45) is 6.31. The fraction of sp³-hybridized carbons (Fsp3) is 0.929. The lowest BCUT2D eigenvalue weighted by Gasteiger charge is -2.35. The number of nitrogens with one attached hydrogen (secondary N) is 3. The van der Waals surface area contributed by atoms with Gasteiger partial charge in [0.2, 0.25) is 10.0 Å². The molecule has 22 heavy (non-hydrogen) atoms. The predicted molar refractivity (Wildman–Crippen MR) is 91.7 cm³/mol. The van der Waals surface area contributed by atoms with Crippen molar-refractivity contribution in [1.29, 1.82) is 0 Å². The molecule has 7 nitrogen and oxygen atoms in total. The molecular weight excluding hydrogens is 302 g/mol. The number of rotatable bonds is 8. The van der Waals surface area contributed by atoms with Gasteiger partial charge in [-0.2, -0.15) is 0 Å². The fourth-order valence-corrected chi connectivity index (χ4v) is 3.25. The van der Waals surface area contributed by atoms with Gasteiger partial charge in [0, 0.05) is 39.3 Å². The highest BCUT2D eigenvalue weighted by Crippen LogP contribution is 2.18. The molecule has 0 aromatic heterocycles.